The molecule has 3 rings (SSSR count). The highest BCUT2D eigenvalue weighted by atomic mass is 16.6. The van der Waals surface area contributed by atoms with E-state index in [1.54, 1.807) is 18.2 Å². The van der Waals surface area contributed by atoms with E-state index in [4.69, 9.17) is 23.7 Å². The predicted octanol–water partition coefficient (Wildman–Crippen LogP) is 1.82. The lowest BCUT2D eigenvalue weighted by atomic mass is 10.2. The summed E-state index contributed by atoms with van der Waals surface area (Å²) < 4.78 is 26.7. The second kappa shape index (κ2) is 8.98. The molecule has 0 aliphatic carbocycles. The van der Waals surface area contributed by atoms with E-state index in [1.807, 2.05) is 18.2 Å². The highest BCUT2D eigenvalue weighted by Crippen LogP contribution is 2.31. The van der Waals surface area contributed by atoms with Crippen molar-refractivity contribution in [1.82, 2.24) is 5.32 Å². The molecule has 1 aliphatic heterocycles. The minimum Gasteiger partial charge on any atom is -0.493 e. The van der Waals surface area contributed by atoms with Gasteiger partial charge in [-0.1, -0.05) is 18.2 Å². The Kier molecular flexibility index (Phi) is 6.21. The van der Waals surface area contributed by atoms with E-state index in [0.29, 0.717) is 23.9 Å². The first-order valence-corrected chi connectivity index (χ1v) is 8.65. The molecule has 1 unspecified atom stereocenters. The van der Waals surface area contributed by atoms with Crippen LogP contribution >= 0.6 is 0 Å². The van der Waals surface area contributed by atoms with Crippen LogP contribution in [0.1, 0.15) is 10.4 Å². The molecule has 28 heavy (non-hydrogen) atoms. The van der Waals surface area contributed by atoms with Crippen LogP contribution in [-0.2, 0) is 9.53 Å². The maximum atomic E-state index is 12.3. The van der Waals surface area contributed by atoms with Gasteiger partial charge in [0.2, 0.25) is 0 Å². The second-order valence-electron chi connectivity index (χ2n) is 5.92. The number of amides is 1. The number of hydrogen-bond acceptors (Lipinski definition) is 7. The minimum atomic E-state index is -0.683. The van der Waals surface area contributed by atoms with Gasteiger partial charge in [-0.3, -0.25) is 4.79 Å². The second-order valence-corrected chi connectivity index (χ2v) is 5.92. The van der Waals surface area contributed by atoms with Gasteiger partial charge in [0, 0.05) is 0 Å². The molecule has 1 heterocycles. The smallest absolute Gasteiger partial charge is 0.342 e. The Labute approximate surface area is 162 Å². The van der Waals surface area contributed by atoms with Gasteiger partial charge < -0.3 is 29.0 Å². The number of nitrogens with one attached hydrogen (secondary N) is 1. The van der Waals surface area contributed by atoms with E-state index in [1.165, 1.54) is 20.3 Å². The standard InChI is InChI=1S/C20H21NO7/c1-24-17-9-5-6-14(19(17)25-2)20(23)27-12-18(22)21-10-13-11-26-15-7-3-4-8-16(15)28-13/h3-9,13H,10-12H2,1-2H3,(H,21,22). The first-order chi connectivity index (χ1) is 13.6. The van der Waals surface area contributed by atoms with Crippen molar-refractivity contribution in [1.29, 1.82) is 0 Å². The molecule has 1 N–H and O–H groups in total. The van der Waals surface area contributed by atoms with Gasteiger partial charge in [0.1, 0.15) is 18.3 Å². The third-order valence-corrected chi connectivity index (χ3v) is 4.05. The van der Waals surface area contributed by atoms with Crippen molar-refractivity contribution in [2.45, 2.75) is 6.10 Å². The third kappa shape index (κ3) is 4.46. The number of methoxy groups -OCH3 is 2. The van der Waals surface area contributed by atoms with Crippen LogP contribution in [0.5, 0.6) is 23.0 Å². The van der Waals surface area contributed by atoms with Crippen LogP contribution < -0.4 is 24.3 Å². The van der Waals surface area contributed by atoms with Crippen molar-refractivity contribution in [2.24, 2.45) is 0 Å². The molecule has 148 valence electrons. The van der Waals surface area contributed by atoms with Crippen LogP contribution in [0.4, 0.5) is 0 Å². The quantitative estimate of drug-likeness (QED) is 0.725. The molecule has 1 amide bonds. The maximum Gasteiger partial charge on any atom is 0.342 e. The Bertz CT molecular complexity index is 852. The van der Waals surface area contributed by atoms with Crippen LogP contribution in [0.15, 0.2) is 42.5 Å². The van der Waals surface area contributed by atoms with E-state index in [0.717, 1.165) is 0 Å². The molecular formula is C20H21NO7. The molecule has 2 aromatic rings. The number of para-hydroxylation sites is 3. The fourth-order valence-electron chi connectivity index (χ4n) is 2.70. The molecule has 1 atom stereocenters. The third-order valence-electron chi connectivity index (χ3n) is 4.05. The van der Waals surface area contributed by atoms with E-state index >= 15 is 0 Å². The Morgan fingerprint density at radius 2 is 1.86 bits per heavy atom. The van der Waals surface area contributed by atoms with Crippen LogP contribution in [0.3, 0.4) is 0 Å². The first-order valence-electron chi connectivity index (χ1n) is 8.65. The number of ether oxygens (including phenoxy) is 5. The van der Waals surface area contributed by atoms with Crippen LogP contribution in [0.2, 0.25) is 0 Å². The average Bonchev–Trinajstić information content (AvgIpc) is 2.75. The van der Waals surface area contributed by atoms with Gasteiger partial charge in [-0.05, 0) is 24.3 Å². The zero-order valence-corrected chi connectivity index (χ0v) is 15.6. The van der Waals surface area contributed by atoms with Gasteiger partial charge in [-0.25, -0.2) is 4.79 Å². The fourth-order valence-corrected chi connectivity index (χ4v) is 2.70. The van der Waals surface area contributed by atoms with E-state index < -0.39 is 18.5 Å². The molecule has 8 nitrogen and oxygen atoms in total. The van der Waals surface area contributed by atoms with E-state index in [2.05, 4.69) is 5.32 Å². The van der Waals surface area contributed by atoms with Crippen molar-refractivity contribution in [3.05, 3.63) is 48.0 Å². The van der Waals surface area contributed by atoms with Crippen molar-refractivity contribution in [2.75, 3.05) is 34.0 Å². The molecule has 0 fully saturated rings. The minimum absolute atomic E-state index is 0.176. The average molecular weight is 387 g/mol. The Morgan fingerprint density at radius 1 is 1.07 bits per heavy atom. The van der Waals surface area contributed by atoms with Crippen LogP contribution in [-0.4, -0.2) is 52.0 Å². The van der Waals surface area contributed by atoms with Gasteiger partial charge in [-0.2, -0.15) is 0 Å². The number of hydrogen-bond donors (Lipinski definition) is 1. The zero-order valence-electron chi connectivity index (χ0n) is 15.6. The predicted molar refractivity (Wildman–Crippen MR) is 99.2 cm³/mol. The summed E-state index contributed by atoms with van der Waals surface area (Å²) in [6.45, 7) is 0.120. The van der Waals surface area contributed by atoms with E-state index in [-0.39, 0.29) is 24.0 Å². The first kappa shape index (κ1) is 19.3. The molecule has 0 bridgehead atoms. The van der Waals surface area contributed by atoms with Gasteiger partial charge in [0.05, 0.1) is 20.8 Å². The van der Waals surface area contributed by atoms with Gasteiger partial charge in [-0.15, -0.1) is 0 Å². The molecule has 0 saturated carbocycles. The summed E-state index contributed by atoms with van der Waals surface area (Å²) in [7, 11) is 2.89. The zero-order chi connectivity index (χ0) is 19.9. The Morgan fingerprint density at radius 3 is 2.61 bits per heavy atom. The van der Waals surface area contributed by atoms with Crippen LogP contribution in [0.25, 0.3) is 0 Å². The molecule has 2 aromatic carbocycles. The molecular weight excluding hydrogens is 366 g/mol. The molecule has 0 saturated heterocycles. The molecule has 0 radical (unpaired) electrons. The lowest BCUT2D eigenvalue weighted by molar-refractivity contribution is -0.124. The van der Waals surface area contributed by atoms with Crippen molar-refractivity contribution >= 4 is 11.9 Å². The summed E-state index contributed by atoms with van der Waals surface area (Å²) >= 11 is 0. The largest absolute Gasteiger partial charge is 0.493 e. The molecule has 1 aliphatic rings. The van der Waals surface area contributed by atoms with Crippen LogP contribution in [0, 0.1) is 0 Å². The summed E-state index contributed by atoms with van der Waals surface area (Å²) in [5, 5.41) is 2.66. The number of esters is 1. The normalized spacial score (nSPS) is 14.7. The summed E-state index contributed by atoms with van der Waals surface area (Å²) in [6, 6.07) is 12.1. The van der Waals surface area contributed by atoms with Crippen molar-refractivity contribution < 1.29 is 33.3 Å². The van der Waals surface area contributed by atoms with Gasteiger partial charge in [0.25, 0.3) is 5.91 Å². The van der Waals surface area contributed by atoms with Crippen molar-refractivity contribution in [3.63, 3.8) is 0 Å². The van der Waals surface area contributed by atoms with E-state index in [9.17, 15) is 9.59 Å². The summed E-state index contributed by atoms with van der Waals surface area (Å²) in [5.41, 5.74) is 0.176. The molecule has 0 spiro atoms. The number of carbonyl (C=O) groups excluding carboxylic acids is 2. The maximum absolute atomic E-state index is 12.3. The lowest BCUT2D eigenvalue weighted by Gasteiger charge is -2.26. The Hall–Kier alpha value is -3.42. The number of benzene rings is 2. The summed E-state index contributed by atoms with van der Waals surface area (Å²) in [6.07, 6.45) is -0.326. The highest BCUT2D eigenvalue weighted by Gasteiger charge is 2.22. The lowest BCUT2D eigenvalue weighted by Crippen LogP contribution is -2.42. The summed E-state index contributed by atoms with van der Waals surface area (Å²) in [4.78, 5) is 24.3. The topological polar surface area (TPSA) is 92.3 Å². The molecule has 8 heteroatoms. The number of carbonyl (C=O) groups is 2. The summed E-state index contributed by atoms with van der Waals surface area (Å²) in [5.74, 6) is 0.823. The molecule has 0 aromatic heterocycles. The fraction of sp³-hybridized carbons (Fsp3) is 0.300. The van der Waals surface area contributed by atoms with Gasteiger partial charge in [0.15, 0.2) is 29.6 Å². The highest BCUT2D eigenvalue weighted by molar-refractivity contribution is 5.94. The Balaban J connectivity index is 1.48. The SMILES string of the molecule is COc1cccc(C(=O)OCC(=O)NCC2COc3ccccc3O2)c1OC. The monoisotopic (exact) mass is 387 g/mol. The number of fused-ring (bicyclic) bond motifs is 1. The van der Waals surface area contributed by atoms with Gasteiger partial charge >= 0.3 is 5.97 Å². The van der Waals surface area contributed by atoms with Crippen molar-refractivity contribution in [3.8, 4) is 23.0 Å². The number of rotatable bonds is 7.